The zero-order valence-electron chi connectivity index (χ0n) is 15.2. The van der Waals surface area contributed by atoms with Gasteiger partial charge in [-0.05, 0) is 47.2 Å². The van der Waals surface area contributed by atoms with Gasteiger partial charge in [-0.25, -0.2) is 4.79 Å². The zero-order valence-corrected chi connectivity index (χ0v) is 15.2. The summed E-state index contributed by atoms with van der Waals surface area (Å²) in [5.41, 5.74) is 4.40. The van der Waals surface area contributed by atoms with Crippen LogP contribution in [0.15, 0.2) is 78.9 Å². The van der Waals surface area contributed by atoms with Crippen molar-refractivity contribution in [1.29, 1.82) is 0 Å². The molecule has 27 heavy (non-hydrogen) atoms. The van der Waals surface area contributed by atoms with E-state index in [0.29, 0.717) is 5.75 Å². The Morgan fingerprint density at radius 1 is 0.778 bits per heavy atom. The summed E-state index contributed by atoms with van der Waals surface area (Å²) in [6, 6.07) is 26.5. The first-order chi connectivity index (χ1) is 13.3. The van der Waals surface area contributed by atoms with E-state index >= 15 is 0 Å². The summed E-state index contributed by atoms with van der Waals surface area (Å²) in [5.74, 6) is 0.559. The van der Waals surface area contributed by atoms with E-state index in [9.17, 15) is 4.79 Å². The molecular formula is C24H23NO2. The standard InChI is InChI=1S/C24H23NO2/c26-24(25-20-13-7-8-14-20)27-21-15-16-22(18-9-3-1-4-10-18)23(17-21)19-11-5-2-6-12-19/h1-6,9-12,15-17,20H,7-8,13-14H2,(H,25,26). The second kappa shape index (κ2) is 8.09. The first-order valence-electron chi connectivity index (χ1n) is 9.53. The van der Waals surface area contributed by atoms with Crippen LogP contribution in [0.3, 0.4) is 0 Å². The van der Waals surface area contributed by atoms with Gasteiger partial charge in [0.15, 0.2) is 0 Å². The Bertz CT molecular complexity index is 900. The number of amides is 1. The highest BCUT2D eigenvalue weighted by Gasteiger charge is 2.18. The van der Waals surface area contributed by atoms with Gasteiger partial charge in [0.05, 0.1) is 0 Å². The number of benzene rings is 3. The SMILES string of the molecule is O=C(NC1CCCC1)Oc1ccc(-c2ccccc2)c(-c2ccccc2)c1. The molecule has 1 saturated carbocycles. The molecule has 3 heteroatoms. The van der Waals surface area contributed by atoms with Gasteiger partial charge in [0.25, 0.3) is 0 Å². The van der Waals surface area contributed by atoms with Crippen LogP contribution in [-0.2, 0) is 0 Å². The van der Waals surface area contributed by atoms with Crippen LogP contribution in [0, 0.1) is 0 Å². The van der Waals surface area contributed by atoms with Crippen molar-refractivity contribution in [3.05, 3.63) is 78.9 Å². The Morgan fingerprint density at radius 3 is 2.00 bits per heavy atom. The third-order valence-corrected chi connectivity index (χ3v) is 5.05. The monoisotopic (exact) mass is 357 g/mol. The minimum absolute atomic E-state index is 0.245. The summed E-state index contributed by atoms with van der Waals surface area (Å²) in [7, 11) is 0. The van der Waals surface area contributed by atoms with Gasteiger partial charge in [-0.15, -0.1) is 0 Å². The maximum atomic E-state index is 12.2. The molecule has 1 amide bonds. The van der Waals surface area contributed by atoms with Crippen LogP contribution in [0.25, 0.3) is 22.3 Å². The van der Waals surface area contributed by atoms with Crippen molar-refractivity contribution in [1.82, 2.24) is 5.32 Å². The number of hydrogen-bond acceptors (Lipinski definition) is 2. The van der Waals surface area contributed by atoms with Crippen LogP contribution in [0.2, 0.25) is 0 Å². The fourth-order valence-corrected chi connectivity index (χ4v) is 3.69. The Hall–Kier alpha value is -3.07. The van der Waals surface area contributed by atoms with Gasteiger partial charge in [-0.3, -0.25) is 0 Å². The molecule has 1 fully saturated rings. The van der Waals surface area contributed by atoms with E-state index in [4.69, 9.17) is 4.74 Å². The average molecular weight is 357 g/mol. The Morgan fingerprint density at radius 2 is 1.37 bits per heavy atom. The highest BCUT2D eigenvalue weighted by Crippen LogP contribution is 2.35. The number of nitrogens with one attached hydrogen (secondary N) is 1. The van der Waals surface area contributed by atoms with Crippen LogP contribution in [0.4, 0.5) is 4.79 Å². The fraction of sp³-hybridized carbons (Fsp3) is 0.208. The number of rotatable bonds is 4. The molecule has 0 radical (unpaired) electrons. The predicted octanol–water partition coefficient (Wildman–Crippen LogP) is 6.05. The molecule has 0 aliphatic heterocycles. The van der Waals surface area contributed by atoms with Crippen LogP contribution in [-0.4, -0.2) is 12.1 Å². The lowest BCUT2D eigenvalue weighted by atomic mass is 9.94. The number of ether oxygens (including phenoxy) is 1. The van der Waals surface area contributed by atoms with Gasteiger partial charge in [0, 0.05) is 6.04 Å². The molecule has 1 aliphatic rings. The quantitative estimate of drug-likeness (QED) is 0.617. The van der Waals surface area contributed by atoms with Gasteiger partial charge < -0.3 is 10.1 Å². The Balaban J connectivity index is 1.63. The summed E-state index contributed by atoms with van der Waals surface area (Å²) in [5, 5.41) is 2.97. The molecule has 1 N–H and O–H groups in total. The van der Waals surface area contributed by atoms with Crippen LogP contribution in [0.5, 0.6) is 5.75 Å². The van der Waals surface area contributed by atoms with Crippen LogP contribution >= 0.6 is 0 Å². The van der Waals surface area contributed by atoms with Gasteiger partial charge in [-0.2, -0.15) is 0 Å². The molecule has 0 heterocycles. The van der Waals surface area contributed by atoms with Crippen molar-refractivity contribution in [3.8, 4) is 28.0 Å². The molecule has 1 aliphatic carbocycles. The van der Waals surface area contributed by atoms with E-state index < -0.39 is 0 Å². The molecule has 136 valence electrons. The first-order valence-corrected chi connectivity index (χ1v) is 9.53. The van der Waals surface area contributed by atoms with Crippen molar-refractivity contribution in [2.45, 2.75) is 31.7 Å². The normalized spacial score (nSPS) is 14.1. The van der Waals surface area contributed by atoms with Crippen molar-refractivity contribution in [2.24, 2.45) is 0 Å². The molecule has 0 aromatic heterocycles. The molecule has 3 nitrogen and oxygen atoms in total. The minimum Gasteiger partial charge on any atom is -0.410 e. The van der Waals surface area contributed by atoms with Crippen molar-refractivity contribution < 1.29 is 9.53 Å². The highest BCUT2D eigenvalue weighted by molar-refractivity contribution is 5.85. The summed E-state index contributed by atoms with van der Waals surface area (Å²) in [6.45, 7) is 0. The molecule has 0 atom stereocenters. The largest absolute Gasteiger partial charge is 0.412 e. The number of carbonyl (C=O) groups excluding carboxylic acids is 1. The van der Waals surface area contributed by atoms with Gasteiger partial charge in [-0.1, -0.05) is 79.6 Å². The molecule has 4 rings (SSSR count). The number of hydrogen-bond donors (Lipinski definition) is 1. The summed E-state index contributed by atoms with van der Waals surface area (Å²) in [6.07, 6.45) is 4.06. The minimum atomic E-state index is -0.367. The lowest BCUT2D eigenvalue weighted by molar-refractivity contribution is 0.196. The van der Waals surface area contributed by atoms with Gasteiger partial charge in [0.1, 0.15) is 5.75 Å². The molecule has 0 saturated heterocycles. The van der Waals surface area contributed by atoms with E-state index in [1.807, 2.05) is 54.6 Å². The van der Waals surface area contributed by atoms with Gasteiger partial charge in [0.2, 0.25) is 0 Å². The molecule has 0 bridgehead atoms. The Labute approximate surface area is 160 Å². The molecular weight excluding hydrogens is 334 g/mol. The van der Waals surface area contributed by atoms with E-state index in [2.05, 4.69) is 29.6 Å². The van der Waals surface area contributed by atoms with Crippen molar-refractivity contribution in [2.75, 3.05) is 0 Å². The second-order valence-corrected chi connectivity index (χ2v) is 6.95. The maximum absolute atomic E-state index is 12.2. The zero-order chi connectivity index (χ0) is 18.5. The third-order valence-electron chi connectivity index (χ3n) is 5.05. The first kappa shape index (κ1) is 17.3. The summed E-state index contributed by atoms with van der Waals surface area (Å²) in [4.78, 5) is 12.2. The van der Waals surface area contributed by atoms with Crippen molar-refractivity contribution >= 4 is 6.09 Å². The molecule has 0 unspecified atom stereocenters. The van der Waals surface area contributed by atoms with Crippen LogP contribution < -0.4 is 10.1 Å². The van der Waals surface area contributed by atoms with E-state index in [0.717, 1.165) is 35.1 Å². The highest BCUT2D eigenvalue weighted by atomic mass is 16.6. The van der Waals surface area contributed by atoms with Crippen molar-refractivity contribution in [3.63, 3.8) is 0 Å². The summed E-state index contributed by atoms with van der Waals surface area (Å²) < 4.78 is 5.58. The van der Waals surface area contributed by atoms with E-state index in [-0.39, 0.29) is 12.1 Å². The number of carbonyl (C=O) groups is 1. The Kier molecular flexibility index (Phi) is 5.20. The second-order valence-electron chi connectivity index (χ2n) is 6.95. The lowest BCUT2D eigenvalue weighted by Crippen LogP contribution is -2.34. The fourth-order valence-electron chi connectivity index (χ4n) is 3.69. The maximum Gasteiger partial charge on any atom is 0.412 e. The smallest absolute Gasteiger partial charge is 0.410 e. The topological polar surface area (TPSA) is 38.3 Å². The molecule has 0 spiro atoms. The molecule has 3 aromatic rings. The summed E-state index contributed by atoms with van der Waals surface area (Å²) >= 11 is 0. The predicted molar refractivity (Wildman–Crippen MR) is 109 cm³/mol. The van der Waals surface area contributed by atoms with E-state index in [1.54, 1.807) is 0 Å². The van der Waals surface area contributed by atoms with Gasteiger partial charge >= 0.3 is 6.09 Å². The average Bonchev–Trinajstić information content (AvgIpc) is 3.22. The van der Waals surface area contributed by atoms with E-state index in [1.165, 1.54) is 12.8 Å². The molecule has 3 aromatic carbocycles. The third kappa shape index (κ3) is 4.20. The van der Waals surface area contributed by atoms with Crippen LogP contribution in [0.1, 0.15) is 25.7 Å². The lowest BCUT2D eigenvalue weighted by Gasteiger charge is -2.15.